The Kier molecular flexibility index (Phi) is 1.39. The van der Waals surface area contributed by atoms with E-state index in [1.54, 1.807) is 6.20 Å². The van der Waals surface area contributed by atoms with Gasteiger partial charge in [-0.15, -0.1) is 0 Å². The molecule has 0 aromatic rings. The van der Waals surface area contributed by atoms with Gasteiger partial charge in [0, 0.05) is 6.20 Å². The number of rotatable bonds is 1. The summed E-state index contributed by atoms with van der Waals surface area (Å²) in [5.41, 5.74) is 0.859. The lowest BCUT2D eigenvalue weighted by Crippen LogP contribution is -2.28. The van der Waals surface area contributed by atoms with E-state index in [1.165, 1.54) is 0 Å². The van der Waals surface area contributed by atoms with Crippen LogP contribution in [0.4, 0.5) is 0 Å². The van der Waals surface area contributed by atoms with Gasteiger partial charge in [0.2, 0.25) is 0 Å². The van der Waals surface area contributed by atoms with Crippen LogP contribution in [0.15, 0.2) is 11.9 Å². The Bertz CT molecular complexity index is 111. The van der Waals surface area contributed by atoms with Crippen molar-refractivity contribution in [2.75, 3.05) is 6.61 Å². The molecule has 0 saturated heterocycles. The summed E-state index contributed by atoms with van der Waals surface area (Å²) in [6, 6.07) is 0. The Balaban J connectivity index is 2.37. The summed E-state index contributed by atoms with van der Waals surface area (Å²) in [6.45, 7) is 2.08. The van der Waals surface area contributed by atoms with E-state index in [4.69, 9.17) is 5.11 Å². The molecule has 1 rings (SSSR count). The third kappa shape index (κ3) is 0.924. The van der Waals surface area contributed by atoms with Gasteiger partial charge >= 0.3 is 0 Å². The van der Waals surface area contributed by atoms with E-state index in [-0.39, 0.29) is 12.8 Å². The quantitative estimate of drug-likeness (QED) is 0.425. The summed E-state index contributed by atoms with van der Waals surface area (Å²) >= 11 is 0. The van der Waals surface area contributed by atoms with E-state index >= 15 is 0 Å². The molecule has 0 aromatic heterocycles. The fourth-order valence-corrected chi connectivity index (χ4v) is 0.678. The molecule has 1 aliphatic heterocycles. The minimum atomic E-state index is 0.0946. The highest BCUT2D eigenvalue weighted by atomic mass is 16.3. The largest absolute Gasteiger partial charge is 0.390 e. The lowest BCUT2D eigenvalue weighted by molar-refractivity contribution is 0.321. The number of aliphatic hydroxyl groups excluding tert-OH is 1. The number of hydrogen-bond acceptors (Lipinski definition) is 3. The van der Waals surface area contributed by atoms with Gasteiger partial charge in [0.1, 0.15) is 0 Å². The predicted octanol–water partition coefficient (Wildman–Crippen LogP) is -0.641. The first-order chi connectivity index (χ1) is 3.83. The van der Waals surface area contributed by atoms with Crippen molar-refractivity contribution < 1.29 is 5.11 Å². The van der Waals surface area contributed by atoms with Gasteiger partial charge in [-0.1, -0.05) is 0 Å². The Morgan fingerprint density at radius 3 is 2.88 bits per heavy atom. The molecule has 8 heavy (non-hydrogen) atoms. The average molecular weight is 114 g/mol. The summed E-state index contributed by atoms with van der Waals surface area (Å²) in [5.74, 6) is 0. The highest BCUT2D eigenvalue weighted by Crippen LogP contribution is 1.94. The average Bonchev–Trinajstić information content (AvgIpc) is 2.14. The van der Waals surface area contributed by atoms with Gasteiger partial charge in [0.15, 0.2) is 0 Å². The van der Waals surface area contributed by atoms with Crippen molar-refractivity contribution in [3.63, 3.8) is 0 Å². The van der Waals surface area contributed by atoms with E-state index in [1.807, 2.05) is 6.92 Å². The smallest absolute Gasteiger partial charge is 0.0929 e. The second-order valence-corrected chi connectivity index (χ2v) is 1.86. The van der Waals surface area contributed by atoms with Crippen LogP contribution in [-0.4, -0.2) is 17.9 Å². The molecule has 1 atom stereocenters. The second kappa shape index (κ2) is 2.05. The first kappa shape index (κ1) is 5.44. The molecule has 1 unspecified atom stereocenters. The lowest BCUT2D eigenvalue weighted by Gasteiger charge is -2.04. The molecule has 0 aromatic carbocycles. The summed E-state index contributed by atoms with van der Waals surface area (Å²) in [4.78, 5) is 0. The molecule has 0 aliphatic carbocycles. The summed E-state index contributed by atoms with van der Waals surface area (Å²) in [5, 5.41) is 14.5. The van der Waals surface area contributed by atoms with E-state index in [0.29, 0.717) is 0 Å². The molecular weight excluding hydrogens is 104 g/mol. The van der Waals surface area contributed by atoms with Crippen LogP contribution in [-0.2, 0) is 0 Å². The fourth-order valence-electron chi connectivity index (χ4n) is 0.678. The van der Waals surface area contributed by atoms with Gasteiger partial charge in [-0.2, -0.15) is 0 Å². The van der Waals surface area contributed by atoms with Gasteiger partial charge < -0.3 is 15.7 Å². The monoisotopic (exact) mass is 114 g/mol. The van der Waals surface area contributed by atoms with Crippen LogP contribution >= 0.6 is 0 Å². The third-order valence-electron chi connectivity index (χ3n) is 1.08. The first-order valence-corrected chi connectivity index (χ1v) is 2.65. The Morgan fingerprint density at radius 2 is 2.62 bits per heavy atom. The van der Waals surface area contributed by atoms with E-state index in [0.717, 1.165) is 5.70 Å². The molecule has 0 radical (unpaired) electrons. The van der Waals surface area contributed by atoms with Crippen LogP contribution in [0.25, 0.3) is 0 Å². The topological polar surface area (TPSA) is 44.3 Å². The molecule has 0 saturated carbocycles. The minimum Gasteiger partial charge on any atom is -0.390 e. The standard InChI is InChI=1S/C5H10N2O/c1-4-6-2-5(3-8)7-4/h2,4,6-8H,3H2,1H3. The highest BCUT2D eigenvalue weighted by molar-refractivity contribution is 5.05. The Morgan fingerprint density at radius 1 is 1.88 bits per heavy atom. The van der Waals surface area contributed by atoms with Gasteiger partial charge in [-0.05, 0) is 6.92 Å². The zero-order valence-electron chi connectivity index (χ0n) is 4.81. The molecular formula is C5H10N2O. The summed E-state index contributed by atoms with van der Waals surface area (Å²) in [7, 11) is 0. The Labute approximate surface area is 48.4 Å². The van der Waals surface area contributed by atoms with E-state index in [9.17, 15) is 0 Å². The molecule has 46 valence electrons. The molecule has 1 heterocycles. The molecule has 3 N–H and O–H groups in total. The number of nitrogens with one attached hydrogen (secondary N) is 2. The van der Waals surface area contributed by atoms with Crippen molar-refractivity contribution in [1.82, 2.24) is 10.6 Å². The van der Waals surface area contributed by atoms with Gasteiger partial charge in [0.05, 0.1) is 18.5 Å². The van der Waals surface area contributed by atoms with Gasteiger partial charge in [0.25, 0.3) is 0 Å². The molecule has 1 aliphatic rings. The highest BCUT2D eigenvalue weighted by Gasteiger charge is 2.06. The van der Waals surface area contributed by atoms with Crippen molar-refractivity contribution in [1.29, 1.82) is 0 Å². The molecule has 3 nitrogen and oxygen atoms in total. The van der Waals surface area contributed by atoms with Crippen LogP contribution in [0.2, 0.25) is 0 Å². The Hall–Kier alpha value is -0.700. The summed E-state index contributed by atoms with van der Waals surface area (Å²) < 4.78 is 0. The van der Waals surface area contributed by atoms with Crippen LogP contribution in [0.5, 0.6) is 0 Å². The fraction of sp³-hybridized carbons (Fsp3) is 0.600. The van der Waals surface area contributed by atoms with Crippen LogP contribution in [0.3, 0.4) is 0 Å². The van der Waals surface area contributed by atoms with E-state index in [2.05, 4.69) is 10.6 Å². The van der Waals surface area contributed by atoms with Crippen LogP contribution < -0.4 is 10.6 Å². The number of hydrogen-bond donors (Lipinski definition) is 3. The SMILES string of the molecule is CC1NC=C(CO)N1. The van der Waals surface area contributed by atoms with Gasteiger partial charge in [-0.25, -0.2) is 0 Å². The first-order valence-electron chi connectivity index (χ1n) is 2.65. The normalized spacial score (nSPS) is 26.2. The number of aliphatic hydroxyl groups is 1. The van der Waals surface area contributed by atoms with Gasteiger partial charge in [-0.3, -0.25) is 0 Å². The third-order valence-corrected chi connectivity index (χ3v) is 1.08. The van der Waals surface area contributed by atoms with Crippen LogP contribution in [0, 0.1) is 0 Å². The van der Waals surface area contributed by atoms with Crippen molar-refractivity contribution in [2.45, 2.75) is 13.1 Å². The molecule has 0 fully saturated rings. The van der Waals surface area contributed by atoms with Crippen molar-refractivity contribution in [3.8, 4) is 0 Å². The zero-order valence-corrected chi connectivity index (χ0v) is 4.81. The molecule has 0 amide bonds. The minimum absolute atomic E-state index is 0.0946. The van der Waals surface area contributed by atoms with Crippen molar-refractivity contribution >= 4 is 0 Å². The second-order valence-electron chi connectivity index (χ2n) is 1.86. The maximum absolute atomic E-state index is 8.51. The maximum Gasteiger partial charge on any atom is 0.0929 e. The molecule has 3 heteroatoms. The predicted molar refractivity (Wildman–Crippen MR) is 30.9 cm³/mol. The van der Waals surface area contributed by atoms with Crippen molar-refractivity contribution in [2.24, 2.45) is 0 Å². The van der Waals surface area contributed by atoms with E-state index < -0.39 is 0 Å². The molecule has 0 spiro atoms. The lowest BCUT2D eigenvalue weighted by atomic mass is 10.5. The molecule has 0 bridgehead atoms. The zero-order chi connectivity index (χ0) is 5.98. The summed E-state index contributed by atoms with van der Waals surface area (Å²) in [6.07, 6.45) is 2.06. The van der Waals surface area contributed by atoms with Crippen molar-refractivity contribution in [3.05, 3.63) is 11.9 Å². The van der Waals surface area contributed by atoms with Crippen LogP contribution in [0.1, 0.15) is 6.92 Å². The maximum atomic E-state index is 8.51.